The van der Waals surface area contributed by atoms with E-state index in [0.717, 1.165) is 47.6 Å². The van der Waals surface area contributed by atoms with Gasteiger partial charge in [0.2, 0.25) is 17.7 Å². The molecule has 1 aliphatic rings. The Morgan fingerprint density at radius 2 is 1.55 bits per heavy atom. The van der Waals surface area contributed by atoms with Gasteiger partial charge in [-0.25, -0.2) is 4.98 Å². The highest BCUT2D eigenvalue weighted by Gasteiger charge is 2.44. The van der Waals surface area contributed by atoms with Gasteiger partial charge < -0.3 is 34.9 Å². The molecule has 3 amide bonds. The monoisotopic (exact) mass is 842 g/mol. The first-order chi connectivity index (χ1) is 24.5. The Balaban J connectivity index is 1.34. The van der Waals surface area contributed by atoms with Crippen LogP contribution in [0.4, 0.5) is 0 Å². The molecule has 0 bridgehead atoms. The van der Waals surface area contributed by atoms with E-state index in [2.05, 4.69) is 38.2 Å². The number of thiazole rings is 1. The fraction of sp³-hybridized carbons (Fsp3) is 0.684. The van der Waals surface area contributed by atoms with Crippen LogP contribution in [0.15, 0.2) is 29.8 Å². The van der Waals surface area contributed by atoms with Crippen molar-refractivity contribution in [1.29, 1.82) is 0 Å². The lowest BCUT2D eigenvalue weighted by Gasteiger charge is -2.35. The summed E-state index contributed by atoms with van der Waals surface area (Å²) in [5.41, 5.74) is 4.20. The van der Waals surface area contributed by atoms with Crippen molar-refractivity contribution in [3.05, 3.63) is 41.0 Å². The summed E-state index contributed by atoms with van der Waals surface area (Å²) in [6.45, 7) is 11.6. The van der Waals surface area contributed by atoms with Crippen LogP contribution in [0, 0.1) is 12.3 Å². The lowest BCUT2D eigenvalue weighted by molar-refractivity contribution is -0.144. The zero-order chi connectivity index (χ0) is 37.1. The average molecular weight is 843 g/mol. The Morgan fingerprint density at radius 3 is 2.14 bits per heavy atom. The summed E-state index contributed by atoms with van der Waals surface area (Å²) in [6, 6.07) is 6.28. The van der Waals surface area contributed by atoms with Gasteiger partial charge >= 0.3 is 0 Å². The topological polar surface area (TPSA) is 139 Å². The molecule has 1 aromatic carbocycles. The number of nitrogens with zero attached hydrogens (tertiary/aromatic N) is 2. The van der Waals surface area contributed by atoms with Crippen LogP contribution >= 0.6 is 33.9 Å². The number of ether oxygens (including phenoxy) is 3. The van der Waals surface area contributed by atoms with Crippen molar-refractivity contribution in [3.8, 4) is 10.4 Å². The van der Waals surface area contributed by atoms with E-state index >= 15 is 0 Å². The Labute approximate surface area is 322 Å². The molecule has 0 aliphatic carbocycles. The van der Waals surface area contributed by atoms with Gasteiger partial charge in [-0.2, -0.15) is 0 Å². The number of aromatic nitrogens is 1. The second-order valence-corrected chi connectivity index (χ2v) is 16.1. The number of aryl methyl sites for hydroxylation is 1. The fourth-order valence-corrected chi connectivity index (χ4v) is 7.23. The summed E-state index contributed by atoms with van der Waals surface area (Å²) in [5.74, 6) is -0.897. The van der Waals surface area contributed by atoms with Gasteiger partial charge in [-0.1, -0.05) is 86.9 Å². The number of likely N-dealkylation sites (tertiary alicyclic amines) is 1. The number of hydrogen-bond donors (Lipinski definition) is 3. The lowest BCUT2D eigenvalue weighted by Crippen LogP contribution is -2.57. The van der Waals surface area contributed by atoms with Crippen LogP contribution < -0.4 is 10.6 Å². The number of halogens is 1. The SMILES string of the molecule is Cc1ncsc1-c1ccc(CNC(=O)C2CC(O)CN2C(=O)C(NC(=O)CCCCCOCCOCCOCCCCCCI)C(C)(C)C)cc1. The highest BCUT2D eigenvalue weighted by Crippen LogP contribution is 2.28. The molecule has 286 valence electrons. The number of alkyl halides is 1. The van der Waals surface area contributed by atoms with Crippen molar-refractivity contribution >= 4 is 51.6 Å². The molecule has 1 aliphatic heterocycles. The first-order valence-corrected chi connectivity index (χ1v) is 20.8. The Morgan fingerprint density at radius 1 is 0.941 bits per heavy atom. The van der Waals surface area contributed by atoms with Crippen LogP contribution in [-0.2, 0) is 35.1 Å². The molecular formula is C38H59IN4O7S. The van der Waals surface area contributed by atoms with Gasteiger partial charge in [0.15, 0.2) is 0 Å². The van der Waals surface area contributed by atoms with Crippen LogP contribution in [0.3, 0.4) is 0 Å². The van der Waals surface area contributed by atoms with Crippen LogP contribution in [0.5, 0.6) is 0 Å². The van der Waals surface area contributed by atoms with Gasteiger partial charge in [0.1, 0.15) is 12.1 Å². The maximum Gasteiger partial charge on any atom is 0.246 e. The number of aliphatic hydroxyl groups is 1. The number of β-amino-alcohol motifs (C(OH)–C–C–N with tert-alkyl or cyclic N) is 1. The molecule has 3 rings (SSSR count). The van der Waals surface area contributed by atoms with E-state index in [1.54, 1.807) is 11.3 Å². The summed E-state index contributed by atoms with van der Waals surface area (Å²) in [4.78, 5) is 47.0. The first kappa shape index (κ1) is 43.2. The molecule has 51 heavy (non-hydrogen) atoms. The third-order valence-corrected chi connectivity index (χ3v) is 10.6. The van der Waals surface area contributed by atoms with Crippen LogP contribution in [0.25, 0.3) is 10.4 Å². The molecule has 0 spiro atoms. The summed E-state index contributed by atoms with van der Waals surface area (Å²) >= 11 is 4.00. The van der Waals surface area contributed by atoms with E-state index < -0.39 is 23.6 Å². The normalized spacial score (nSPS) is 16.7. The quantitative estimate of drug-likeness (QED) is 0.0682. The maximum atomic E-state index is 13.9. The van der Waals surface area contributed by atoms with Gasteiger partial charge in [0.05, 0.1) is 48.6 Å². The summed E-state index contributed by atoms with van der Waals surface area (Å²) in [5, 5.41) is 16.4. The van der Waals surface area contributed by atoms with Crippen molar-refractivity contribution in [2.24, 2.45) is 5.41 Å². The number of rotatable bonds is 24. The number of carbonyl (C=O) groups excluding carboxylic acids is 3. The van der Waals surface area contributed by atoms with Crippen molar-refractivity contribution in [2.45, 2.75) is 110 Å². The first-order valence-electron chi connectivity index (χ1n) is 18.4. The minimum absolute atomic E-state index is 0.0418. The molecular weight excluding hydrogens is 783 g/mol. The fourth-order valence-electron chi connectivity index (χ4n) is 5.87. The van der Waals surface area contributed by atoms with Gasteiger partial charge in [0.25, 0.3) is 0 Å². The molecule has 1 saturated heterocycles. The number of benzene rings is 1. The molecule has 11 nitrogen and oxygen atoms in total. The molecule has 13 heteroatoms. The van der Waals surface area contributed by atoms with E-state index in [1.807, 2.05) is 57.5 Å². The number of aliphatic hydroxyl groups excluding tert-OH is 1. The molecule has 1 fully saturated rings. The Kier molecular flexibility index (Phi) is 19.9. The predicted molar refractivity (Wildman–Crippen MR) is 210 cm³/mol. The third kappa shape index (κ3) is 15.8. The minimum atomic E-state index is -0.840. The number of amides is 3. The van der Waals surface area contributed by atoms with Crippen LogP contribution in [0.2, 0.25) is 0 Å². The minimum Gasteiger partial charge on any atom is -0.391 e. The van der Waals surface area contributed by atoms with Crippen molar-refractivity contribution in [3.63, 3.8) is 0 Å². The molecule has 0 radical (unpaired) electrons. The smallest absolute Gasteiger partial charge is 0.246 e. The molecule has 3 N–H and O–H groups in total. The van der Waals surface area contributed by atoms with E-state index in [9.17, 15) is 19.5 Å². The van der Waals surface area contributed by atoms with Gasteiger partial charge in [0, 0.05) is 39.1 Å². The largest absolute Gasteiger partial charge is 0.391 e. The van der Waals surface area contributed by atoms with Gasteiger partial charge in [-0.3, -0.25) is 14.4 Å². The molecule has 2 aromatic rings. The summed E-state index contributed by atoms with van der Waals surface area (Å²) in [7, 11) is 0. The summed E-state index contributed by atoms with van der Waals surface area (Å²) < 4.78 is 18.0. The number of hydrogen-bond acceptors (Lipinski definition) is 9. The highest BCUT2D eigenvalue weighted by molar-refractivity contribution is 14.1. The molecule has 2 heterocycles. The second-order valence-electron chi connectivity index (χ2n) is 14.2. The number of unbranched alkanes of at least 4 members (excludes halogenated alkanes) is 5. The van der Waals surface area contributed by atoms with Gasteiger partial charge in [-0.15, -0.1) is 11.3 Å². The predicted octanol–water partition coefficient (Wildman–Crippen LogP) is 5.83. The third-order valence-electron chi connectivity index (χ3n) is 8.82. The van der Waals surface area contributed by atoms with E-state index in [4.69, 9.17) is 14.2 Å². The zero-order valence-corrected chi connectivity index (χ0v) is 33.9. The van der Waals surface area contributed by atoms with Gasteiger partial charge in [-0.05, 0) is 53.6 Å². The Hall–Kier alpha value is -2.17. The van der Waals surface area contributed by atoms with Crippen LogP contribution in [-0.4, -0.2) is 102 Å². The van der Waals surface area contributed by atoms with Crippen molar-refractivity contribution in [2.75, 3.05) is 50.6 Å². The number of carbonyl (C=O) groups is 3. The summed E-state index contributed by atoms with van der Waals surface area (Å²) in [6.07, 6.45) is 6.81. The molecule has 3 unspecified atom stereocenters. The van der Waals surface area contributed by atoms with Crippen molar-refractivity contribution in [1.82, 2.24) is 20.5 Å². The molecule has 0 saturated carbocycles. The van der Waals surface area contributed by atoms with Crippen LogP contribution in [0.1, 0.15) is 89.8 Å². The van der Waals surface area contributed by atoms with E-state index in [-0.39, 0.29) is 37.1 Å². The Bertz CT molecular complexity index is 1320. The molecule has 1 aromatic heterocycles. The molecule has 3 atom stereocenters. The average Bonchev–Trinajstić information content (AvgIpc) is 3.72. The lowest BCUT2D eigenvalue weighted by atomic mass is 9.85. The van der Waals surface area contributed by atoms with E-state index in [0.29, 0.717) is 46.0 Å². The van der Waals surface area contributed by atoms with Crippen molar-refractivity contribution < 1.29 is 33.7 Å². The standard InChI is InChI=1S/C38H59IN4O7S/c1-28-34(51-27-41-28)30-15-13-29(14-16-30)25-40-36(46)32-24-31(44)26-43(32)37(47)35(38(2,3)4)42-33(45)12-8-7-11-19-49-21-23-50-22-20-48-18-10-6-5-9-17-39/h13-16,27,31-32,35,44H,5-12,17-26H2,1-4H3,(H,40,46)(H,42,45). The second kappa shape index (κ2) is 23.5. The van der Waals surface area contributed by atoms with E-state index in [1.165, 1.54) is 28.6 Å². The maximum absolute atomic E-state index is 13.9. The number of nitrogens with one attached hydrogen (secondary N) is 2. The highest BCUT2D eigenvalue weighted by atomic mass is 127. The zero-order valence-electron chi connectivity index (χ0n) is 30.9.